The summed E-state index contributed by atoms with van der Waals surface area (Å²) in [5, 5.41) is 11.4. The first-order valence-corrected chi connectivity index (χ1v) is 10.6. The summed E-state index contributed by atoms with van der Waals surface area (Å²) in [5.74, 6) is -0.582. The average Bonchev–Trinajstić information content (AvgIpc) is 3.05. The quantitative estimate of drug-likeness (QED) is 0.681. The van der Waals surface area contributed by atoms with Gasteiger partial charge in [0.05, 0.1) is 0 Å². The zero-order valence-corrected chi connectivity index (χ0v) is 17.3. The van der Waals surface area contributed by atoms with Crippen molar-refractivity contribution in [3.05, 3.63) is 59.7 Å². The monoisotopic (exact) mass is 422 g/mol. The maximum Gasteiger partial charge on any atom is 0.407 e. The highest BCUT2D eigenvalue weighted by atomic mass is 16.5. The number of fused-ring (bicyclic) bond motifs is 3. The minimum atomic E-state index is -0.808. The van der Waals surface area contributed by atoms with Crippen LogP contribution in [0, 0.1) is 5.92 Å². The molecule has 0 bridgehead atoms. The van der Waals surface area contributed by atoms with Crippen molar-refractivity contribution >= 4 is 18.0 Å². The van der Waals surface area contributed by atoms with E-state index >= 15 is 0 Å². The number of carboxylic acids is 1. The molecule has 1 aliphatic heterocycles. The van der Waals surface area contributed by atoms with Gasteiger partial charge in [0.2, 0.25) is 5.91 Å². The van der Waals surface area contributed by atoms with Gasteiger partial charge >= 0.3 is 12.1 Å². The second kappa shape index (κ2) is 9.20. The number of likely N-dealkylation sites (tertiary alicyclic amines) is 1. The van der Waals surface area contributed by atoms with Crippen molar-refractivity contribution in [3.8, 4) is 11.1 Å². The van der Waals surface area contributed by atoms with E-state index in [1.807, 2.05) is 24.3 Å². The van der Waals surface area contributed by atoms with E-state index in [-0.39, 0.29) is 43.7 Å². The van der Waals surface area contributed by atoms with Crippen LogP contribution in [-0.4, -0.2) is 54.2 Å². The highest BCUT2D eigenvalue weighted by Crippen LogP contribution is 2.44. The highest BCUT2D eigenvalue weighted by Gasteiger charge is 2.31. The molecule has 2 N–H and O–H groups in total. The number of ether oxygens (including phenoxy) is 1. The number of carboxylic acid groups (broad SMARTS) is 1. The van der Waals surface area contributed by atoms with Gasteiger partial charge in [-0.15, -0.1) is 0 Å². The third-order valence-corrected chi connectivity index (χ3v) is 6.03. The van der Waals surface area contributed by atoms with Crippen LogP contribution >= 0.6 is 0 Å². The molecule has 0 saturated carbocycles. The van der Waals surface area contributed by atoms with Gasteiger partial charge < -0.3 is 20.1 Å². The molecule has 0 aromatic heterocycles. The fourth-order valence-electron chi connectivity index (χ4n) is 4.36. The van der Waals surface area contributed by atoms with Crippen LogP contribution in [-0.2, 0) is 14.3 Å². The third-order valence-electron chi connectivity index (χ3n) is 6.03. The molecule has 2 aromatic carbocycles. The minimum absolute atomic E-state index is 0.00334. The average molecular weight is 422 g/mol. The SMILES string of the molecule is O=C(O)CCC1CN(C(=O)CCNC(=O)OCC2c3ccccc3-c3ccccc32)C1. The van der Waals surface area contributed by atoms with E-state index in [1.54, 1.807) is 4.90 Å². The van der Waals surface area contributed by atoms with Crippen molar-refractivity contribution in [1.82, 2.24) is 10.2 Å². The fourth-order valence-corrected chi connectivity index (χ4v) is 4.36. The number of benzene rings is 2. The molecular weight excluding hydrogens is 396 g/mol. The predicted octanol–water partition coefficient (Wildman–Crippen LogP) is 3.24. The summed E-state index contributed by atoms with van der Waals surface area (Å²) in [7, 11) is 0. The van der Waals surface area contributed by atoms with Crippen LogP contribution in [0.3, 0.4) is 0 Å². The Morgan fingerprint density at radius 1 is 0.968 bits per heavy atom. The summed E-state index contributed by atoms with van der Waals surface area (Å²) in [6.45, 7) is 1.64. The molecule has 0 spiro atoms. The number of rotatable bonds is 8. The van der Waals surface area contributed by atoms with Crippen molar-refractivity contribution in [3.63, 3.8) is 0 Å². The molecule has 2 aliphatic rings. The largest absolute Gasteiger partial charge is 0.481 e. The molecule has 31 heavy (non-hydrogen) atoms. The zero-order valence-electron chi connectivity index (χ0n) is 17.3. The number of carbonyl (C=O) groups excluding carboxylic acids is 2. The summed E-state index contributed by atoms with van der Waals surface area (Å²) in [6.07, 6.45) is 0.404. The molecule has 162 valence electrons. The molecule has 0 unspecified atom stereocenters. The Bertz CT molecular complexity index is 938. The lowest BCUT2D eigenvalue weighted by molar-refractivity contribution is -0.139. The molecule has 7 nitrogen and oxygen atoms in total. The van der Waals surface area contributed by atoms with Crippen LogP contribution in [0.4, 0.5) is 4.79 Å². The number of hydrogen-bond donors (Lipinski definition) is 2. The Hall–Kier alpha value is -3.35. The number of alkyl carbamates (subject to hydrolysis) is 1. The molecular formula is C24H26N2O5. The van der Waals surface area contributed by atoms with E-state index in [4.69, 9.17) is 9.84 Å². The first-order chi connectivity index (χ1) is 15.0. The summed E-state index contributed by atoms with van der Waals surface area (Å²) in [5.41, 5.74) is 4.66. The van der Waals surface area contributed by atoms with Gasteiger partial charge in [0.15, 0.2) is 0 Å². The lowest BCUT2D eigenvalue weighted by atomic mass is 9.94. The number of nitrogens with one attached hydrogen (secondary N) is 1. The molecule has 7 heteroatoms. The second-order valence-electron chi connectivity index (χ2n) is 8.10. The summed E-state index contributed by atoms with van der Waals surface area (Å²) >= 11 is 0. The van der Waals surface area contributed by atoms with E-state index in [1.165, 1.54) is 11.1 Å². The first kappa shape index (κ1) is 20.9. The van der Waals surface area contributed by atoms with Crippen LogP contribution in [0.15, 0.2) is 48.5 Å². The Balaban J connectivity index is 1.20. The Morgan fingerprint density at radius 2 is 1.58 bits per heavy atom. The predicted molar refractivity (Wildman–Crippen MR) is 115 cm³/mol. The number of amides is 2. The molecule has 2 aromatic rings. The summed E-state index contributed by atoms with van der Waals surface area (Å²) in [4.78, 5) is 36.6. The van der Waals surface area contributed by atoms with E-state index in [0.29, 0.717) is 19.5 Å². The van der Waals surface area contributed by atoms with Crippen molar-refractivity contribution in [2.24, 2.45) is 5.92 Å². The van der Waals surface area contributed by atoms with E-state index in [9.17, 15) is 14.4 Å². The van der Waals surface area contributed by atoms with Crippen molar-refractivity contribution in [2.75, 3.05) is 26.2 Å². The van der Waals surface area contributed by atoms with E-state index < -0.39 is 12.1 Å². The first-order valence-electron chi connectivity index (χ1n) is 10.6. The van der Waals surface area contributed by atoms with E-state index in [0.717, 1.165) is 11.1 Å². The molecule has 2 amide bonds. The van der Waals surface area contributed by atoms with Crippen LogP contribution < -0.4 is 5.32 Å². The van der Waals surface area contributed by atoms with Gasteiger partial charge in [0, 0.05) is 38.4 Å². The number of carbonyl (C=O) groups is 3. The van der Waals surface area contributed by atoms with Crippen molar-refractivity contribution < 1.29 is 24.2 Å². The minimum Gasteiger partial charge on any atom is -0.481 e. The fraction of sp³-hybridized carbons (Fsp3) is 0.375. The van der Waals surface area contributed by atoms with Gasteiger partial charge in [-0.1, -0.05) is 48.5 Å². The van der Waals surface area contributed by atoms with Gasteiger partial charge in [-0.05, 0) is 34.6 Å². The summed E-state index contributed by atoms with van der Waals surface area (Å²) in [6, 6.07) is 16.3. The van der Waals surface area contributed by atoms with Crippen LogP contribution in [0.2, 0.25) is 0 Å². The molecule has 4 rings (SSSR count). The lowest BCUT2D eigenvalue weighted by Gasteiger charge is -2.39. The Morgan fingerprint density at radius 3 is 2.19 bits per heavy atom. The Kier molecular flexibility index (Phi) is 6.21. The van der Waals surface area contributed by atoms with Gasteiger partial charge in [-0.2, -0.15) is 0 Å². The molecule has 0 atom stereocenters. The smallest absolute Gasteiger partial charge is 0.407 e. The molecule has 0 radical (unpaired) electrons. The van der Waals surface area contributed by atoms with Gasteiger partial charge in [-0.3, -0.25) is 9.59 Å². The summed E-state index contributed by atoms with van der Waals surface area (Å²) < 4.78 is 5.46. The normalized spacial score (nSPS) is 15.0. The molecule has 1 fully saturated rings. The Labute approximate surface area is 181 Å². The third kappa shape index (κ3) is 4.71. The van der Waals surface area contributed by atoms with Crippen molar-refractivity contribution in [1.29, 1.82) is 0 Å². The number of aliphatic carboxylic acids is 1. The van der Waals surface area contributed by atoms with Gasteiger partial charge in [0.25, 0.3) is 0 Å². The second-order valence-corrected chi connectivity index (χ2v) is 8.10. The van der Waals surface area contributed by atoms with Crippen LogP contribution in [0.25, 0.3) is 11.1 Å². The number of hydrogen-bond acceptors (Lipinski definition) is 4. The van der Waals surface area contributed by atoms with E-state index in [2.05, 4.69) is 29.6 Å². The van der Waals surface area contributed by atoms with Crippen molar-refractivity contribution in [2.45, 2.75) is 25.2 Å². The maximum absolute atomic E-state index is 12.1. The molecule has 1 aliphatic carbocycles. The van der Waals surface area contributed by atoms with Gasteiger partial charge in [-0.25, -0.2) is 4.79 Å². The number of nitrogens with zero attached hydrogens (tertiary/aromatic N) is 1. The maximum atomic E-state index is 12.1. The van der Waals surface area contributed by atoms with Crippen LogP contribution in [0.5, 0.6) is 0 Å². The van der Waals surface area contributed by atoms with Gasteiger partial charge in [0.1, 0.15) is 6.61 Å². The topological polar surface area (TPSA) is 95.9 Å². The lowest BCUT2D eigenvalue weighted by Crippen LogP contribution is -2.50. The molecule has 1 heterocycles. The molecule has 1 saturated heterocycles. The standard InChI is InChI=1S/C24H26N2O5/c27-22(26-13-16(14-26)9-10-23(28)29)11-12-25-24(30)31-15-21-19-7-3-1-5-17(19)18-6-2-4-8-20(18)21/h1-8,16,21H,9-15H2,(H,25,30)(H,28,29). The highest BCUT2D eigenvalue weighted by molar-refractivity contribution is 5.79. The zero-order chi connectivity index (χ0) is 21.8. The van der Waals surface area contributed by atoms with Crippen LogP contribution in [0.1, 0.15) is 36.3 Å².